The van der Waals surface area contributed by atoms with Crippen LogP contribution in [0.15, 0.2) is 36.5 Å². The zero-order chi connectivity index (χ0) is 29.4. The number of esters is 1. The van der Waals surface area contributed by atoms with Gasteiger partial charge in [-0.15, -0.1) is 0 Å². The highest BCUT2D eigenvalue weighted by Crippen LogP contribution is 2.15. The summed E-state index contributed by atoms with van der Waals surface area (Å²) in [4.78, 5) is 22.9. The molecule has 232 valence electrons. The summed E-state index contributed by atoms with van der Waals surface area (Å²) < 4.78 is 5.78. The van der Waals surface area contributed by atoms with Crippen LogP contribution in [0.4, 0.5) is 0 Å². The Morgan fingerprint density at radius 3 is 1.68 bits per heavy atom. The molecule has 0 aromatic heterocycles. The van der Waals surface area contributed by atoms with E-state index in [1.807, 2.05) is 12.2 Å². The summed E-state index contributed by atoms with van der Waals surface area (Å²) in [5.41, 5.74) is 0. The molecule has 1 atom stereocenters. The standard InChI is InChI=1S/C36H64O4/c1-3-5-7-9-10-11-12-13-14-15-16-17-22-25-29-33-36(39)40-34(30-26-8-6-4-2)31-27-23-20-18-19-21-24-28-32-35(37)38/h22-23,25,27,29,33-34H,3-21,24,26,28,30-32H2,1-2H3,(H,37,38)/t34-/m1/s1. The molecule has 0 saturated heterocycles. The third-order valence-corrected chi connectivity index (χ3v) is 7.44. The summed E-state index contributed by atoms with van der Waals surface area (Å²) in [5.74, 6) is -0.941. The van der Waals surface area contributed by atoms with Crippen molar-refractivity contribution in [2.24, 2.45) is 0 Å². The lowest BCUT2D eigenvalue weighted by atomic mass is 10.1. The summed E-state index contributed by atoms with van der Waals surface area (Å²) in [7, 11) is 0. The lowest BCUT2D eigenvalue weighted by Crippen LogP contribution is -2.16. The monoisotopic (exact) mass is 560 g/mol. The Labute approximate surface area is 248 Å². The Morgan fingerprint density at radius 1 is 0.600 bits per heavy atom. The third-order valence-electron chi connectivity index (χ3n) is 7.44. The van der Waals surface area contributed by atoms with Gasteiger partial charge in [0.15, 0.2) is 0 Å². The molecule has 0 bridgehead atoms. The largest absolute Gasteiger partial charge is 0.481 e. The fourth-order valence-electron chi connectivity index (χ4n) is 4.90. The van der Waals surface area contributed by atoms with Crippen LogP contribution >= 0.6 is 0 Å². The van der Waals surface area contributed by atoms with Crippen LogP contribution in [0.2, 0.25) is 0 Å². The number of allylic oxidation sites excluding steroid dienone is 4. The molecule has 0 spiro atoms. The van der Waals surface area contributed by atoms with Gasteiger partial charge in [-0.25, -0.2) is 4.79 Å². The predicted octanol–water partition coefficient (Wildman–Crippen LogP) is 11.4. The van der Waals surface area contributed by atoms with Crippen LogP contribution in [0.25, 0.3) is 0 Å². The van der Waals surface area contributed by atoms with Crippen molar-refractivity contribution in [1.29, 1.82) is 0 Å². The number of hydrogen-bond donors (Lipinski definition) is 1. The minimum atomic E-state index is -0.699. The van der Waals surface area contributed by atoms with E-state index in [1.165, 1.54) is 89.9 Å². The lowest BCUT2D eigenvalue weighted by molar-refractivity contribution is -0.143. The van der Waals surface area contributed by atoms with Gasteiger partial charge in [0.1, 0.15) is 6.10 Å². The van der Waals surface area contributed by atoms with Crippen LogP contribution in [0.3, 0.4) is 0 Å². The van der Waals surface area contributed by atoms with Crippen LogP contribution < -0.4 is 0 Å². The number of carbonyl (C=O) groups is 2. The molecule has 0 unspecified atom stereocenters. The number of hydrogen-bond acceptors (Lipinski definition) is 3. The van der Waals surface area contributed by atoms with Crippen molar-refractivity contribution < 1.29 is 19.4 Å². The molecule has 4 nitrogen and oxygen atoms in total. The first-order valence-corrected chi connectivity index (χ1v) is 17.0. The van der Waals surface area contributed by atoms with E-state index in [4.69, 9.17) is 9.84 Å². The van der Waals surface area contributed by atoms with Crippen LogP contribution in [0, 0.1) is 0 Å². The first-order chi connectivity index (χ1) is 19.6. The van der Waals surface area contributed by atoms with E-state index >= 15 is 0 Å². The fraction of sp³-hybridized carbons (Fsp3) is 0.778. The number of ether oxygens (including phenoxy) is 1. The average molecular weight is 561 g/mol. The van der Waals surface area contributed by atoms with E-state index in [2.05, 4.69) is 32.1 Å². The maximum Gasteiger partial charge on any atom is 0.331 e. The van der Waals surface area contributed by atoms with Gasteiger partial charge in [0, 0.05) is 18.9 Å². The Morgan fingerprint density at radius 2 is 1.10 bits per heavy atom. The average Bonchev–Trinajstić information content (AvgIpc) is 2.93. The Kier molecular flexibility index (Phi) is 30.2. The summed E-state index contributed by atoms with van der Waals surface area (Å²) in [6.07, 6.45) is 40.7. The molecule has 0 saturated carbocycles. The molecule has 4 heteroatoms. The minimum absolute atomic E-state index is 0.0541. The highest BCUT2D eigenvalue weighted by atomic mass is 16.5. The molecule has 0 aromatic carbocycles. The van der Waals surface area contributed by atoms with Gasteiger partial charge in [-0.2, -0.15) is 0 Å². The van der Waals surface area contributed by atoms with Crippen molar-refractivity contribution in [2.45, 2.75) is 180 Å². The number of carbonyl (C=O) groups excluding carboxylic acids is 1. The van der Waals surface area contributed by atoms with Gasteiger partial charge < -0.3 is 9.84 Å². The lowest BCUT2D eigenvalue weighted by Gasteiger charge is -2.15. The smallest absolute Gasteiger partial charge is 0.331 e. The normalized spacial score (nSPS) is 12.7. The Hall–Kier alpha value is -1.84. The fourth-order valence-corrected chi connectivity index (χ4v) is 4.90. The highest BCUT2D eigenvalue weighted by Gasteiger charge is 2.11. The van der Waals surface area contributed by atoms with Gasteiger partial charge >= 0.3 is 11.9 Å². The van der Waals surface area contributed by atoms with Crippen molar-refractivity contribution in [1.82, 2.24) is 0 Å². The maximum absolute atomic E-state index is 12.4. The van der Waals surface area contributed by atoms with Crippen LogP contribution in [-0.2, 0) is 14.3 Å². The maximum atomic E-state index is 12.4. The zero-order valence-electron chi connectivity index (χ0n) is 26.4. The number of rotatable bonds is 30. The molecule has 0 radical (unpaired) electrons. The van der Waals surface area contributed by atoms with Crippen molar-refractivity contribution >= 4 is 11.9 Å². The van der Waals surface area contributed by atoms with E-state index in [1.54, 1.807) is 6.08 Å². The van der Waals surface area contributed by atoms with Gasteiger partial charge in [0.05, 0.1) is 0 Å². The first-order valence-electron chi connectivity index (χ1n) is 17.0. The van der Waals surface area contributed by atoms with E-state index in [0.29, 0.717) is 0 Å². The molecule has 0 amide bonds. The molecule has 0 aliphatic rings. The molecular formula is C36H64O4. The Bertz CT molecular complexity index is 649. The van der Waals surface area contributed by atoms with Crippen LogP contribution in [0.5, 0.6) is 0 Å². The molecule has 0 aliphatic heterocycles. The van der Waals surface area contributed by atoms with Crippen molar-refractivity contribution in [2.75, 3.05) is 0 Å². The zero-order valence-corrected chi connectivity index (χ0v) is 26.4. The van der Waals surface area contributed by atoms with Crippen molar-refractivity contribution in [3.63, 3.8) is 0 Å². The third kappa shape index (κ3) is 30.7. The SMILES string of the molecule is CCCCCCCCCCCCCC=CC=CC(=O)O[C@@H](CC=CCCCCCCCC(=O)O)CCCCCC. The molecule has 0 aliphatic carbocycles. The molecular weight excluding hydrogens is 496 g/mol. The molecule has 0 fully saturated rings. The van der Waals surface area contributed by atoms with Gasteiger partial charge in [-0.1, -0.05) is 147 Å². The van der Waals surface area contributed by atoms with E-state index < -0.39 is 5.97 Å². The number of carboxylic acid groups (broad SMARTS) is 1. The van der Waals surface area contributed by atoms with Gasteiger partial charge in [0.25, 0.3) is 0 Å². The van der Waals surface area contributed by atoms with Gasteiger partial charge in [-0.05, 0) is 44.9 Å². The van der Waals surface area contributed by atoms with Crippen LogP contribution in [0.1, 0.15) is 174 Å². The quantitative estimate of drug-likeness (QED) is 0.0312. The second-order valence-corrected chi connectivity index (χ2v) is 11.4. The van der Waals surface area contributed by atoms with E-state index in [-0.39, 0.29) is 18.5 Å². The number of unbranched alkanes of at least 4 members (excludes halogenated alkanes) is 19. The van der Waals surface area contributed by atoms with Crippen LogP contribution in [-0.4, -0.2) is 23.1 Å². The topological polar surface area (TPSA) is 63.6 Å². The molecule has 0 rings (SSSR count). The molecule has 0 aromatic rings. The predicted molar refractivity (Wildman–Crippen MR) is 172 cm³/mol. The Balaban J connectivity index is 4.04. The summed E-state index contributed by atoms with van der Waals surface area (Å²) in [6.45, 7) is 4.48. The van der Waals surface area contributed by atoms with E-state index in [9.17, 15) is 9.59 Å². The summed E-state index contributed by atoms with van der Waals surface area (Å²) in [6, 6.07) is 0. The van der Waals surface area contributed by atoms with Gasteiger partial charge in [0.2, 0.25) is 0 Å². The molecule has 40 heavy (non-hydrogen) atoms. The second kappa shape index (κ2) is 31.7. The first kappa shape index (κ1) is 38.2. The summed E-state index contributed by atoms with van der Waals surface area (Å²) in [5, 5.41) is 8.68. The molecule has 0 heterocycles. The highest BCUT2D eigenvalue weighted by molar-refractivity contribution is 5.82. The second-order valence-electron chi connectivity index (χ2n) is 11.4. The number of carboxylic acids is 1. The number of aliphatic carboxylic acids is 1. The minimum Gasteiger partial charge on any atom is -0.481 e. The van der Waals surface area contributed by atoms with E-state index in [0.717, 1.165) is 64.2 Å². The van der Waals surface area contributed by atoms with Crippen molar-refractivity contribution in [3.8, 4) is 0 Å². The summed E-state index contributed by atoms with van der Waals surface area (Å²) >= 11 is 0. The van der Waals surface area contributed by atoms with Crippen molar-refractivity contribution in [3.05, 3.63) is 36.5 Å². The molecule has 1 N–H and O–H groups in total. The van der Waals surface area contributed by atoms with Gasteiger partial charge in [-0.3, -0.25) is 4.79 Å².